The number of aromatic hydroxyl groups is 1. The summed E-state index contributed by atoms with van der Waals surface area (Å²) in [6.07, 6.45) is 0. The molecule has 2 aromatic carbocycles. The van der Waals surface area contributed by atoms with Gasteiger partial charge in [0.1, 0.15) is 23.9 Å². The molecule has 9 nitrogen and oxygen atoms in total. The molecule has 5 N–H and O–H groups in total. The van der Waals surface area contributed by atoms with E-state index in [0.29, 0.717) is 39.2 Å². The van der Waals surface area contributed by atoms with Crippen molar-refractivity contribution in [2.75, 3.05) is 11.3 Å². The summed E-state index contributed by atoms with van der Waals surface area (Å²) >= 11 is -1.63. The van der Waals surface area contributed by atoms with Gasteiger partial charge in [0.05, 0.1) is 27.9 Å². The van der Waals surface area contributed by atoms with Crippen LogP contribution in [0.15, 0.2) is 46.9 Å². The number of nitrogens with zero attached hydrogens (tertiary/aromatic N) is 2. The fourth-order valence-electron chi connectivity index (χ4n) is 3.46. The van der Waals surface area contributed by atoms with Gasteiger partial charge in [0.15, 0.2) is 0 Å². The van der Waals surface area contributed by atoms with E-state index in [1.165, 1.54) is 12.1 Å². The second-order valence-electron chi connectivity index (χ2n) is 8.15. The van der Waals surface area contributed by atoms with Crippen molar-refractivity contribution in [3.05, 3.63) is 59.3 Å². The number of aromatic nitrogens is 1. The number of amides is 1. The van der Waals surface area contributed by atoms with Crippen LogP contribution in [0.5, 0.6) is 11.5 Å². The van der Waals surface area contributed by atoms with Crippen molar-refractivity contribution in [1.29, 1.82) is 0 Å². The number of hydrogen-bond donors (Lipinski definition) is 4. The molecule has 1 aliphatic heterocycles. The molecular formula is C22H23N5O4S. The summed E-state index contributed by atoms with van der Waals surface area (Å²) in [5.41, 5.74) is 8.02. The number of amidine groups is 1. The summed E-state index contributed by atoms with van der Waals surface area (Å²) in [5, 5.41) is 13.4. The summed E-state index contributed by atoms with van der Waals surface area (Å²) in [6.45, 7) is 5.61. The summed E-state index contributed by atoms with van der Waals surface area (Å²) in [7, 11) is 0. The van der Waals surface area contributed by atoms with Gasteiger partial charge in [-0.1, -0.05) is 6.07 Å². The Bertz CT molecular complexity index is 1290. The van der Waals surface area contributed by atoms with Crippen molar-refractivity contribution in [2.45, 2.75) is 26.3 Å². The van der Waals surface area contributed by atoms with E-state index in [0.717, 1.165) is 0 Å². The van der Waals surface area contributed by atoms with E-state index in [1.807, 2.05) is 20.8 Å². The Balaban J connectivity index is 1.55. The predicted octanol–water partition coefficient (Wildman–Crippen LogP) is 2.55. The van der Waals surface area contributed by atoms with Crippen LogP contribution in [-0.4, -0.2) is 38.2 Å². The molecule has 0 spiro atoms. The van der Waals surface area contributed by atoms with Crippen LogP contribution in [0.4, 0.5) is 5.69 Å². The second kappa shape index (κ2) is 8.12. The second-order valence-corrected chi connectivity index (χ2v) is 9.03. The molecule has 2 heterocycles. The zero-order valence-electron chi connectivity index (χ0n) is 17.8. The van der Waals surface area contributed by atoms with Gasteiger partial charge in [0.25, 0.3) is 5.91 Å². The number of phenols is 1. The number of benzene rings is 2. The number of ether oxygens (including phenoxy) is 1. The molecule has 0 bridgehead atoms. The fourth-order valence-corrected chi connectivity index (χ4v) is 4.13. The van der Waals surface area contributed by atoms with E-state index >= 15 is 0 Å². The van der Waals surface area contributed by atoms with Crippen LogP contribution in [0.2, 0.25) is 0 Å². The minimum atomic E-state index is -1.63. The molecule has 1 aromatic heterocycles. The number of rotatable bonds is 5. The van der Waals surface area contributed by atoms with E-state index in [1.54, 1.807) is 30.3 Å². The molecule has 3 aromatic rings. The third kappa shape index (κ3) is 4.35. The number of nitrogens with one attached hydrogen (secondary N) is 2. The molecule has 32 heavy (non-hydrogen) atoms. The van der Waals surface area contributed by atoms with E-state index < -0.39 is 16.7 Å². The first-order valence-corrected chi connectivity index (χ1v) is 11.0. The van der Waals surface area contributed by atoms with E-state index in [-0.39, 0.29) is 24.1 Å². The lowest BCUT2D eigenvalue weighted by Crippen LogP contribution is -2.48. The van der Waals surface area contributed by atoms with Crippen molar-refractivity contribution in [1.82, 2.24) is 10.3 Å². The number of carbonyl (C=O) groups excluding carboxylic acids is 1. The number of carbonyl (C=O) groups is 1. The average molecular weight is 454 g/mol. The quantitative estimate of drug-likeness (QED) is 0.468. The maximum atomic E-state index is 13.1. The van der Waals surface area contributed by atoms with Gasteiger partial charge in [-0.25, -0.2) is 4.21 Å². The average Bonchev–Trinajstić information content (AvgIpc) is 2.71. The van der Waals surface area contributed by atoms with E-state index in [4.69, 9.17) is 10.5 Å². The van der Waals surface area contributed by atoms with Crippen molar-refractivity contribution >= 4 is 39.5 Å². The maximum Gasteiger partial charge on any atom is 0.252 e. The number of nitrogens with two attached hydrogens (primary N) is 1. The predicted molar refractivity (Wildman–Crippen MR) is 124 cm³/mol. The molecule has 1 aliphatic rings. The maximum absolute atomic E-state index is 13.1. The number of aryl methyl sites for hydroxylation is 1. The Labute approximate surface area is 187 Å². The number of pyridine rings is 1. The molecule has 1 unspecified atom stereocenters. The van der Waals surface area contributed by atoms with Crippen molar-refractivity contribution in [2.24, 2.45) is 10.1 Å². The van der Waals surface area contributed by atoms with Crippen LogP contribution in [0.3, 0.4) is 0 Å². The smallest absolute Gasteiger partial charge is 0.252 e. The Morgan fingerprint density at radius 3 is 2.84 bits per heavy atom. The molecule has 0 saturated heterocycles. The topological polar surface area (TPSA) is 139 Å². The highest BCUT2D eigenvalue weighted by molar-refractivity contribution is 7.85. The standard InChI is InChI=1S/C22H23N5O4S/c1-12-9-15(14-10-13(28)7-8-16(14)24-12)21(29)25-22(2,3)11-31-18-6-4-5-17-19(18)20(23)27-32(30)26-17/h4-10,26,28H,11H2,1-3H3,(H2,23,27)(H,25,29). The molecule has 0 aliphatic carbocycles. The van der Waals surface area contributed by atoms with Crippen LogP contribution in [0.1, 0.15) is 35.5 Å². The third-order valence-corrected chi connectivity index (χ3v) is 5.62. The van der Waals surface area contributed by atoms with Crippen LogP contribution >= 0.6 is 0 Å². The molecular weight excluding hydrogens is 430 g/mol. The SMILES string of the molecule is Cc1cc(C(=O)NC(C)(C)COc2cccc3c2C(N)=NS(=O)N3)c2cc(O)ccc2n1. The molecule has 0 radical (unpaired) electrons. The molecule has 10 heteroatoms. The molecule has 1 amide bonds. The van der Waals surface area contributed by atoms with E-state index in [9.17, 15) is 14.1 Å². The molecule has 0 saturated carbocycles. The van der Waals surface area contributed by atoms with Gasteiger partial charge in [-0.15, -0.1) is 0 Å². The molecule has 4 rings (SSSR count). The fraction of sp³-hybridized carbons (Fsp3) is 0.227. The zero-order chi connectivity index (χ0) is 23.0. The normalized spacial score (nSPS) is 15.5. The lowest BCUT2D eigenvalue weighted by Gasteiger charge is -2.28. The number of phenolic OH excluding ortho intramolecular Hbond substituents is 1. The van der Waals surface area contributed by atoms with Crippen LogP contribution < -0.4 is 20.5 Å². The lowest BCUT2D eigenvalue weighted by molar-refractivity contribution is 0.0882. The van der Waals surface area contributed by atoms with Crippen molar-refractivity contribution in [3.8, 4) is 11.5 Å². The van der Waals surface area contributed by atoms with Gasteiger partial charge in [0, 0.05) is 11.1 Å². The molecule has 0 fully saturated rings. The van der Waals surface area contributed by atoms with Crippen LogP contribution in [0, 0.1) is 6.92 Å². The number of hydrogen-bond acceptors (Lipinski definition) is 6. The first kappa shape index (κ1) is 21.6. The highest BCUT2D eigenvalue weighted by Gasteiger charge is 2.26. The van der Waals surface area contributed by atoms with Gasteiger partial charge in [0.2, 0.25) is 11.2 Å². The van der Waals surface area contributed by atoms with Crippen LogP contribution in [-0.2, 0) is 11.2 Å². The van der Waals surface area contributed by atoms with Crippen LogP contribution in [0.25, 0.3) is 10.9 Å². The van der Waals surface area contributed by atoms with Gasteiger partial charge >= 0.3 is 0 Å². The summed E-state index contributed by atoms with van der Waals surface area (Å²) in [6, 6.07) is 11.6. The summed E-state index contributed by atoms with van der Waals surface area (Å²) in [4.78, 5) is 17.5. The summed E-state index contributed by atoms with van der Waals surface area (Å²) < 4.78 is 24.2. The van der Waals surface area contributed by atoms with Gasteiger partial charge < -0.3 is 20.9 Å². The molecule has 166 valence electrons. The summed E-state index contributed by atoms with van der Waals surface area (Å²) in [5.74, 6) is 0.328. The molecule has 1 atom stereocenters. The zero-order valence-corrected chi connectivity index (χ0v) is 18.6. The minimum Gasteiger partial charge on any atom is -0.508 e. The van der Waals surface area contributed by atoms with Gasteiger partial charge in [-0.05, 0) is 57.2 Å². The first-order valence-electron chi connectivity index (χ1n) is 9.85. The highest BCUT2D eigenvalue weighted by Crippen LogP contribution is 2.30. The Morgan fingerprint density at radius 1 is 1.28 bits per heavy atom. The Morgan fingerprint density at radius 2 is 2.06 bits per heavy atom. The lowest BCUT2D eigenvalue weighted by atomic mass is 10.0. The van der Waals surface area contributed by atoms with Crippen molar-refractivity contribution in [3.63, 3.8) is 0 Å². The van der Waals surface area contributed by atoms with Crippen molar-refractivity contribution < 1.29 is 18.8 Å². The van der Waals surface area contributed by atoms with Gasteiger partial charge in [-0.2, -0.15) is 4.40 Å². The van der Waals surface area contributed by atoms with Gasteiger partial charge in [-0.3, -0.25) is 14.5 Å². The minimum absolute atomic E-state index is 0.0578. The Hall–Kier alpha value is -3.66. The largest absolute Gasteiger partial charge is 0.508 e. The third-order valence-electron chi connectivity index (χ3n) is 4.87. The first-order chi connectivity index (χ1) is 15.1. The number of fused-ring (bicyclic) bond motifs is 2. The number of anilines is 1. The Kier molecular flexibility index (Phi) is 5.47. The van der Waals surface area contributed by atoms with E-state index in [2.05, 4.69) is 19.4 Å². The highest BCUT2D eigenvalue weighted by atomic mass is 32.2. The monoisotopic (exact) mass is 453 g/mol.